The van der Waals surface area contributed by atoms with Gasteiger partial charge >= 0.3 is 0 Å². The third kappa shape index (κ3) is 15.2. The van der Waals surface area contributed by atoms with Gasteiger partial charge in [-0.25, -0.2) is 23.8 Å². The molecule has 0 bridgehead atoms. The number of hydrogen-bond acceptors (Lipinski definition) is 10. The van der Waals surface area contributed by atoms with Crippen molar-refractivity contribution < 1.29 is 23.8 Å². The molecule has 4 N–H and O–H groups in total. The summed E-state index contributed by atoms with van der Waals surface area (Å²) in [4.78, 5) is 25.2. The number of nitrogens with one attached hydrogen (secondary N) is 2. The number of aromatic hydroxyl groups is 1. The lowest BCUT2D eigenvalue weighted by atomic mass is 9.99. The number of nitrogens with zero attached hydrogens (tertiary/aromatic N) is 6. The number of alkyl halides is 2. The minimum atomic E-state index is -3.06. The second-order valence-corrected chi connectivity index (χ2v) is 16.5. The predicted molar refractivity (Wildman–Crippen MR) is 252 cm³/mol. The van der Waals surface area contributed by atoms with Crippen LogP contribution < -0.4 is 10.6 Å². The molecule has 1 atom stereocenters. The summed E-state index contributed by atoms with van der Waals surface area (Å²) in [6.45, 7) is 31.6. The first kappa shape index (κ1) is 53.3. The summed E-state index contributed by atoms with van der Waals surface area (Å²) in [5.41, 5.74) is 6.24. The lowest BCUT2D eigenvalue weighted by molar-refractivity contribution is -0.117. The number of aromatic nitrogens is 2. The van der Waals surface area contributed by atoms with E-state index >= 15 is 0 Å². The SMILES string of the molecule is C=C(CC)c1ncnc(C)c1O.C=C1N(CC(=O)Nc2ccc(C(C)(F)F)cc2Cl)C(CC)=C(N(CCC)CCC)C(O)N1/N=C(/c1ccc(C)cc1)C(C)C.CNCC(C)C. The Labute approximate surface area is 374 Å². The van der Waals surface area contributed by atoms with E-state index in [2.05, 4.69) is 66.4 Å². The van der Waals surface area contributed by atoms with Gasteiger partial charge in [-0.2, -0.15) is 5.10 Å². The molecular formula is C48H71ClF2N8O3. The van der Waals surface area contributed by atoms with Crippen LogP contribution in [0, 0.1) is 25.7 Å². The Bertz CT molecular complexity index is 1990. The number of carbonyl (C=O) groups excluding carboxylic acids is 1. The number of anilines is 1. The second kappa shape index (κ2) is 25.3. The first-order valence-corrected chi connectivity index (χ1v) is 21.9. The molecule has 1 amide bonds. The van der Waals surface area contributed by atoms with Crippen molar-refractivity contribution in [1.29, 1.82) is 0 Å². The van der Waals surface area contributed by atoms with E-state index < -0.39 is 18.1 Å². The molecule has 4 rings (SSSR count). The molecule has 0 spiro atoms. The highest BCUT2D eigenvalue weighted by atomic mass is 35.5. The van der Waals surface area contributed by atoms with Crippen molar-refractivity contribution >= 4 is 34.5 Å². The van der Waals surface area contributed by atoms with Gasteiger partial charge in [-0.3, -0.25) is 4.79 Å². The number of aliphatic hydroxyl groups excluding tert-OH is 1. The first-order chi connectivity index (χ1) is 29.2. The van der Waals surface area contributed by atoms with E-state index in [1.165, 1.54) is 23.5 Å². The maximum absolute atomic E-state index is 13.8. The van der Waals surface area contributed by atoms with Gasteiger partial charge in [0.05, 0.1) is 27.8 Å². The van der Waals surface area contributed by atoms with E-state index in [9.17, 15) is 23.8 Å². The van der Waals surface area contributed by atoms with E-state index in [0.29, 0.717) is 42.4 Å². The lowest BCUT2D eigenvalue weighted by Gasteiger charge is -2.46. The number of aliphatic hydroxyl groups is 1. The van der Waals surface area contributed by atoms with E-state index in [1.54, 1.807) is 11.8 Å². The number of carbonyl (C=O) groups is 1. The molecule has 1 aromatic heterocycles. The van der Waals surface area contributed by atoms with Crippen molar-refractivity contribution in [3.05, 3.63) is 112 Å². The molecule has 3 aromatic rings. The van der Waals surface area contributed by atoms with Gasteiger partial charge in [-0.15, -0.1) is 0 Å². The van der Waals surface area contributed by atoms with Crippen molar-refractivity contribution in [2.75, 3.05) is 38.5 Å². The predicted octanol–water partition coefficient (Wildman–Crippen LogP) is 10.7. The zero-order valence-corrected chi connectivity index (χ0v) is 39.8. The Hall–Kier alpha value is -4.85. The van der Waals surface area contributed by atoms with Crippen LogP contribution in [0.5, 0.6) is 5.75 Å². The van der Waals surface area contributed by atoms with Gasteiger partial charge in [0.2, 0.25) is 5.91 Å². The minimum absolute atomic E-state index is 0.0141. The number of allylic oxidation sites excluding steroid dienone is 2. The van der Waals surface area contributed by atoms with Gasteiger partial charge < -0.3 is 30.6 Å². The summed E-state index contributed by atoms with van der Waals surface area (Å²) in [5, 5.41) is 33.7. The van der Waals surface area contributed by atoms with Gasteiger partial charge in [-0.1, -0.05) is 116 Å². The number of benzene rings is 2. The molecule has 0 aliphatic carbocycles. The van der Waals surface area contributed by atoms with Crippen molar-refractivity contribution in [2.45, 2.75) is 114 Å². The van der Waals surface area contributed by atoms with Crippen molar-refractivity contribution in [2.24, 2.45) is 16.9 Å². The number of rotatable bonds is 17. The monoisotopic (exact) mass is 881 g/mol. The Morgan fingerprint density at radius 1 is 1.03 bits per heavy atom. The number of hydrazone groups is 1. The van der Waals surface area contributed by atoms with Crippen LogP contribution in [0.4, 0.5) is 14.5 Å². The standard InChI is InChI=1S/C34H46ClF2N5O2.C9H12N2O.C5H13N/c1-9-18-40(19-10-2)32-29(11-3)41(21-30(43)38-28-17-16-26(20-27(28)35)34(8,36)37)24(7)42(33(32)44)39-31(22(4)5)25-14-12-23(6)13-15-25;1-4-6(2)8-9(12)7(3)10-5-11-8;1-5(2)4-6-3/h12-17,20,22,33,44H,7,9-11,18-19,21H2,1-6,8H3,(H,38,43);5,12H,2,4H2,1,3H3;5-6H,4H2,1-3H3/b39-31+;;. The number of amides is 1. The van der Waals surface area contributed by atoms with E-state index in [1.807, 2.05) is 65.9 Å². The summed E-state index contributed by atoms with van der Waals surface area (Å²) in [7, 11) is 1.97. The van der Waals surface area contributed by atoms with Gasteiger partial charge in [0.25, 0.3) is 5.92 Å². The highest BCUT2D eigenvalue weighted by molar-refractivity contribution is 6.33. The van der Waals surface area contributed by atoms with Crippen LogP contribution >= 0.6 is 11.6 Å². The highest BCUT2D eigenvalue weighted by Crippen LogP contribution is 2.36. The van der Waals surface area contributed by atoms with Crippen LogP contribution in [0.1, 0.15) is 116 Å². The summed E-state index contributed by atoms with van der Waals surface area (Å²) in [6, 6.07) is 11.8. The average molecular weight is 882 g/mol. The largest absolute Gasteiger partial charge is 0.504 e. The van der Waals surface area contributed by atoms with Crippen LogP contribution in [0.2, 0.25) is 5.02 Å². The maximum Gasteiger partial charge on any atom is 0.270 e. The van der Waals surface area contributed by atoms with Crippen LogP contribution in [-0.4, -0.2) is 86.1 Å². The average Bonchev–Trinajstić information content (AvgIpc) is 3.20. The van der Waals surface area contributed by atoms with Gasteiger partial charge in [0, 0.05) is 31.3 Å². The van der Waals surface area contributed by atoms with E-state index in [4.69, 9.17) is 16.7 Å². The third-order valence-corrected chi connectivity index (χ3v) is 10.2. The second-order valence-electron chi connectivity index (χ2n) is 16.1. The van der Waals surface area contributed by atoms with Gasteiger partial charge in [-0.05, 0) is 88.2 Å². The molecule has 1 aliphatic rings. The van der Waals surface area contributed by atoms with Crippen molar-refractivity contribution in [1.82, 2.24) is 30.1 Å². The van der Waals surface area contributed by atoms with Crippen LogP contribution in [0.25, 0.3) is 5.57 Å². The molecule has 1 unspecified atom stereocenters. The van der Waals surface area contributed by atoms with Crippen molar-refractivity contribution in [3.63, 3.8) is 0 Å². The van der Waals surface area contributed by atoms with Gasteiger partial charge in [0.15, 0.2) is 12.0 Å². The Morgan fingerprint density at radius 2 is 1.65 bits per heavy atom. The number of hydrogen-bond donors (Lipinski definition) is 4. The fraction of sp³-hybridized carbons (Fsp3) is 0.500. The summed E-state index contributed by atoms with van der Waals surface area (Å²) < 4.78 is 27.6. The Kier molecular flexibility index (Phi) is 21.7. The molecule has 342 valence electrons. The molecular weight excluding hydrogens is 810 g/mol. The highest BCUT2D eigenvalue weighted by Gasteiger charge is 2.38. The summed E-state index contributed by atoms with van der Waals surface area (Å²) in [5.74, 6) is -2.18. The van der Waals surface area contributed by atoms with Crippen LogP contribution in [-0.2, 0) is 10.7 Å². The van der Waals surface area contributed by atoms with Crippen LogP contribution in [0.15, 0.2) is 84.3 Å². The van der Waals surface area contributed by atoms with Crippen molar-refractivity contribution in [3.8, 4) is 5.75 Å². The topological polar surface area (TPSA) is 129 Å². The number of aryl methyl sites for hydroxylation is 2. The molecule has 14 heteroatoms. The lowest BCUT2D eigenvalue weighted by Crippen LogP contribution is -2.51. The zero-order valence-electron chi connectivity index (χ0n) is 39.0. The summed E-state index contributed by atoms with van der Waals surface area (Å²) in [6.07, 6.45) is 3.35. The maximum atomic E-state index is 13.8. The quantitative estimate of drug-likeness (QED) is 0.0980. The Balaban J connectivity index is 0.000000606. The molecule has 2 heterocycles. The third-order valence-electron chi connectivity index (χ3n) is 9.88. The smallest absolute Gasteiger partial charge is 0.270 e. The fourth-order valence-electron chi connectivity index (χ4n) is 6.60. The molecule has 0 fully saturated rings. The Morgan fingerprint density at radius 3 is 2.11 bits per heavy atom. The molecule has 2 aromatic carbocycles. The first-order valence-electron chi connectivity index (χ1n) is 21.5. The van der Waals surface area contributed by atoms with E-state index in [-0.39, 0.29) is 34.5 Å². The van der Waals surface area contributed by atoms with Gasteiger partial charge in [0.1, 0.15) is 24.4 Å². The molecule has 0 saturated heterocycles. The molecule has 1 aliphatic heterocycles. The molecule has 0 radical (unpaired) electrons. The molecule has 0 saturated carbocycles. The number of halogens is 3. The molecule has 11 nitrogen and oxygen atoms in total. The van der Waals surface area contributed by atoms with E-state index in [0.717, 1.165) is 72.8 Å². The summed E-state index contributed by atoms with van der Waals surface area (Å²) >= 11 is 6.28. The minimum Gasteiger partial charge on any atom is -0.504 e. The van der Waals surface area contributed by atoms with Crippen LogP contribution in [0.3, 0.4) is 0 Å². The molecule has 62 heavy (non-hydrogen) atoms. The fourth-order valence-corrected chi connectivity index (χ4v) is 6.83. The normalized spacial score (nSPS) is 14.4. The zero-order chi connectivity index (χ0) is 46.9.